The van der Waals surface area contributed by atoms with E-state index in [-0.39, 0.29) is 0 Å². The fraction of sp³-hybridized carbons (Fsp3) is 0.429. The lowest BCUT2D eigenvalue weighted by atomic mass is 10.1. The van der Waals surface area contributed by atoms with Crippen LogP contribution in [0, 0.1) is 12.3 Å². The quantitative estimate of drug-likeness (QED) is 0.723. The predicted octanol–water partition coefficient (Wildman–Crippen LogP) is 3.05. The highest BCUT2D eigenvalue weighted by Gasteiger charge is 2.18. The van der Waals surface area contributed by atoms with E-state index in [1.807, 2.05) is 32.0 Å². The molecule has 0 N–H and O–H groups in total. The molecule has 0 unspecified atom stereocenters. The van der Waals surface area contributed by atoms with Crippen LogP contribution < -0.4 is 9.47 Å². The number of methoxy groups -OCH3 is 1. The van der Waals surface area contributed by atoms with E-state index in [0.717, 1.165) is 12.2 Å². The van der Waals surface area contributed by atoms with E-state index in [4.69, 9.17) is 15.9 Å². The van der Waals surface area contributed by atoms with Gasteiger partial charge in [-0.1, -0.05) is 18.9 Å². The van der Waals surface area contributed by atoms with Crippen LogP contribution in [0.2, 0.25) is 0 Å². The van der Waals surface area contributed by atoms with Crippen LogP contribution in [-0.4, -0.2) is 12.7 Å². The van der Waals surface area contributed by atoms with Crippen LogP contribution in [0.5, 0.6) is 11.5 Å². The summed E-state index contributed by atoms with van der Waals surface area (Å²) in [5, 5.41) is 0. The van der Waals surface area contributed by atoms with Gasteiger partial charge in [-0.25, -0.2) is 0 Å². The molecule has 0 amide bonds. The first-order valence-corrected chi connectivity index (χ1v) is 5.36. The highest BCUT2D eigenvalue weighted by Crippen LogP contribution is 2.31. The van der Waals surface area contributed by atoms with E-state index in [2.05, 4.69) is 12.8 Å². The number of ether oxygens (including phenoxy) is 2. The van der Waals surface area contributed by atoms with Crippen LogP contribution in [0.1, 0.15) is 26.3 Å². The van der Waals surface area contributed by atoms with Crippen molar-refractivity contribution in [3.63, 3.8) is 0 Å². The summed E-state index contributed by atoms with van der Waals surface area (Å²) in [7, 11) is 1.63. The molecule has 0 bridgehead atoms. The van der Waals surface area contributed by atoms with Crippen LogP contribution in [0.4, 0.5) is 0 Å². The molecule has 0 atom stereocenters. The molecule has 2 heteroatoms. The van der Waals surface area contributed by atoms with Gasteiger partial charge in [-0.05, 0) is 38.0 Å². The van der Waals surface area contributed by atoms with Crippen molar-refractivity contribution < 1.29 is 9.47 Å². The summed E-state index contributed by atoms with van der Waals surface area (Å²) < 4.78 is 11.0. The van der Waals surface area contributed by atoms with Crippen molar-refractivity contribution in [3.05, 3.63) is 23.8 Å². The molecule has 16 heavy (non-hydrogen) atoms. The molecule has 0 aliphatic rings. The van der Waals surface area contributed by atoms with Gasteiger partial charge in [-0.2, -0.15) is 0 Å². The van der Waals surface area contributed by atoms with Gasteiger partial charge in [-0.15, -0.1) is 6.42 Å². The molecule has 0 aliphatic carbocycles. The topological polar surface area (TPSA) is 18.5 Å². The molecular formula is C14H18O2. The van der Waals surface area contributed by atoms with E-state index >= 15 is 0 Å². The average molecular weight is 218 g/mol. The lowest BCUT2D eigenvalue weighted by Crippen LogP contribution is -2.25. The van der Waals surface area contributed by atoms with E-state index in [1.165, 1.54) is 5.56 Å². The predicted molar refractivity (Wildman–Crippen MR) is 65.9 cm³/mol. The van der Waals surface area contributed by atoms with Crippen molar-refractivity contribution in [2.45, 2.75) is 32.8 Å². The van der Waals surface area contributed by atoms with Crippen LogP contribution >= 0.6 is 0 Å². The van der Waals surface area contributed by atoms with Gasteiger partial charge < -0.3 is 9.47 Å². The molecule has 0 saturated heterocycles. The molecule has 86 valence electrons. The molecule has 0 radical (unpaired) electrons. The monoisotopic (exact) mass is 218 g/mol. The standard InChI is InChI=1S/C14H18O2/c1-6-11-8-9-12(13(10-11)15-5)16-14(3,4)7-2/h2,8-10H,6H2,1,3-5H3. The fourth-order valence-electron chi connectivity index (χ4n) is 1.32. The van der Waals surface area contributed by atoms with Crippen molar-refractivity contribution in [2.24, 2.45) is 0 Å². The van der Waals surface area contributed by atoms with Crippen LogP contribution in [0.25, 0.3) is 0 Å². The van der Waals surface area contributed by atoms with Gasteiger partial charge in [0.15, 0.2) is 17.1 Å². The van der Waals surface area contributed by atoms with Gasteiger partial charge in [0.25, 0.3) is 0 Å². The Morgan fingerprint density at radius 2 is 2.00 bits per heavy atom. The van der Waals surface area contributed by atoms with Gasteiger partial charge in [0, 0.05) is 0 Å². The summed E-state index contributed by atoms with van der Waals surface area (Å²) in [4.78, 5) is 0. The molecule has 1 rings (SSSR count). The number of hydrogen-bond donors (Lipinski definition) is 0. The maximum atomic E-state index is 5.71. The fourth-order valence-corrected chi connectivity index (χ4v) is 1.32. The van der Waals surface area contributed by atoms with Gasteiger partial charge in [-0.3, -0.25) is 0 Å². The Bertz CT molecular complexity index is 400. The zero-order valence-electron chi connectivity index (χ0n) is 10.3. The Labute approximate surface area is 97.6 Å². The van der Waals surface area contributed by atoms with Crippen molar-refractivity contribution in [1.29, 1.82) is 0 Å². The minimum atomic E-state index is -0.624. The van der Waals surface area contributed by atoms with Gasteiger partial charge in [0.2, 0.25) is 0 Å². The second-order valence-electron chi connectivity index (χ2n) is 4.10. The summed E-state index contributed by atoms with van der Waals surface area (Å²) in [6.07, 6.45) is 6.35. The maximum absolute atomic E-state index is 5.71. The van der Waals surface area contributed by atoms with E-state index in [0.29, 0.717) is 5.75 Å². The molecule has 1 aromatic carbocycles. The van der Waals surface area contributed by atoms with Gasteiger partial charge in [0.1, 0.15) is 0 Å². The normalized spacial score (nSPS) is 10.7. The molecule has 0 spiro atoms. The maximum Gasteiger partial charge on any atom is 0.163 e. The van der Waals surface area contributed by atoms with E-state index in [1.54, 1.807) is 7.11 Å². The lowest BCUT2D eigenvalue weighted by Gasteiger charge is -2.22. The second kappa shape index (κ2) is 4.94. The van der Waals surface area contributed by atoms with Crippen LogP contribution in [-0.2, 0) is 6.42 Å². The third-order valence-electron chi connectivity index (χ3n) is 2.35. The molecule has 2 nitrogen and oxygen atoms in total. The summed E-state index contributed by atoms with van der Waals surface area (Å²) >= 11 is 0. The van der Waals surface area contributed by atoms with E-state index in [9.17, 15) is 0 Å². The first-order chi connectivity index (χ1) is 7.52. The summed E-state index contributed by atoms with van der Waals surface area (Å²) in [5.41, 5.74) is 0.587. The first kappa shape index (κ1) is 12.4. The Balaban J connectivity index is 3.01. The Kier molecular flexibility index (Phi) is 3.84. The van der Waals surface area contributed by atoms with E-state index < -0.39 is 5.60 Å². The largest absolute Gasteiger partial charge is 0.493 e. The third-order valence-corrected chi connectivity index (χ3v) is 2.35. The first-order valence-electron chi connectivity index (χ1n) is 5.36. The molecule has 0 saturated carbocycles. The van der Waals surface area contributed by atoms with Crippen molar-refractivity contribution in [2.75, 3.05) is 7.11 Å². The average Bonchev–Trinajstić information content (AvgIpc) is 2.29. The molecule has 0 aliphatic heterocycles. The SMILES string of the molecule is C#CC(C)(C)Oc1ccc(CC)cc1OC. The molecule has 0 heterocycles. The molecule has 0 fully saturated rings. The Morgan fingerprint density at radius 1 is 1.31 bits per heavy atom. The zero-order chi connectivity index (χ0) is 12.2. The molecule has 1 aromatic rings. The van der Waals surface area contributed by atoms with Crippen molar-refractivity contribution >= 4 is 0 Å². The lowest BCUT2D eigenvalue weighted by molar-refractivity contribution is 0.165. The minimum absolute atomic E-state index is 0.624. The zero-order valence-corrected chi connectivity index (χ0v) is 10.3. The highest BCUT2D eigenvalue weighted by atomic mass is 16.5. The number of aryl methyl sites for hydroxylation is 1. The Morgan fingerprint density at radius 3 is 2.50 bits per heavy atom. The van der Waals surface area contributed by atoms with Crippen molar-refractivity contribution in [3.8, 4) is 23.8 Å². The number of hydrogen-bond acceptors (Lipinski definition) is 2. The smallest absolute Gasteiger partial charge is 0.163 e. The minimum Gasteiger partial charge on any atom is -0.493 e. The van der Waals surface area contributed by atoms with Gasteiger partial charge in [0.05, 0.1) is 7.11 Å². The van der Waals surface area contributed by atoms with Crippen LogP contribution in [0.15, 0.2) is 18.2 Å². The number of benzene rings is 1. The molecule has 0 aromatic heterocycles. The van der Waals surface area contributed by atoms with Crippen molar-refractivity contribution in [1.82, 2.24) is 0 Å². The number of rotatable bonds is 4. The molecular weight excluding hydrogens is 200 g/mol. The second-order valence-corrected chi connectivity index (χ2v) is 4.10. The third kappa shape index (κ3) is 2.93. The summed E-state index contributed by atoms with van der Waals surface area (Å²) in [6.45, 7) is 5.79. The highest BCUT2D eigenvalue weighted by molar-refractivity contribution is 5.43. The van der Waals surface area contributed by atoms with Crippen LogP contribution in [0.3, 0.4) is 0 Å². The van der Waals surface area contributed by atoms with Gasteiger partial charge >= 0.3 is 0 Å². The summed E-state index contributed by atoms with van der Waals surface area (Å²) in [5.74, 6) is 4.00. The number of terminal acetylenes is 1. The Hall–Kier alpha value is -1.62. The summed E-state index contributed by atoms with van der Waals surface area (Å²) in [6, 6.07) is 5.89.